The number of anilines is 1. The van der Waals surface area contributed by atoms with Gasteiger partial charge in [0.2, 0.25) is 5.91 Å². The zero-order valence-electron chi connectivity index (χ0n) is 19.4. The number of aryl methyl sites for hydroxylation is 1. The van der Waals surface area contributed by atoms with Crippen LogP contribution in [0.4, 0.5) is 5.69 Å². The second kappa shape index (κ2) is 8.73. The summed E-state index contributed by atoms with van der Waals surface area (Å²) < 4.78 is 29.6. The molecule has 5 rings (SSSR count). The third kappa shape index (κ3) is 4.56. The lowest BCUT2D eigenvalue weighted by Crippen LogP contribution is -2.42. The number of benzene rings is 1. The summed E-state index contributed by atoms with van der Waals surface area (Å²) in [5, 5.41) is 12.4. The number of nitriles is 1. The van der Waals surface area contributed by atoms with Crippen molar-refractivity contribution in [1.29, 1.82) is 5.26 Å². The average molecular weight is 483 g/mol. The van der Waals surface area contributed by atoms with Crippen molar-refractivity contribution in [1.82, 2.24) is 10.3 Å². The Balaban J connectivity index is 1.38. The number of hydrogen-bond acceptors (Lipinski definition) is 7. The summed E-state index contributed by atoms with van der Waals surface area (Å²) in [5.74, 6) is 1.30. The van der Waals surface area contributed by atoms with Gasteiger partial charge in [0.1, 0.15) is 17.0 Å². The van der Waals surface area contributed by atoms with E-state index >= 15 is 0 Å². The number of rotatable bonds is 5. The Labute approximate surface area is 200 Å². The highest BCUT2D eigenvalue weighted by molar-refractivity contribution is 7.91. The zero-order valence-corrected chi connectivity index (χ0v) is 20.2. The van der Waals surface area contributed by atoms with E-state index in [-0.39, 0.29) is 29.2 Å². The maximum atomic E-state index is 13.1. The van der Waals surface area contributed by atoms with Gasteiger partial charge in [0.05, 0.1) is 17.6 Å². The molecule has 1 aromatic heterocycles. The first kappa shape index (κ1) is 22.9. The molecule has 180 valence electrons. The fraction of sp³-hybridized carbons (Fsp3) is 0.560. The molecule has 0 spiro atoms. The standard InChI is InChI=1S/C25H30N4O4S/c1-17-27-22(18-6-8-19(9-7-18)29-12-14-34(31,32)15-13-29)23(33-17)20-4-2-3-5-21(20)24(30)28-25(16-26)10-11-25/h6-9,20-21H,2-5,10-15H2,1H3,(H,28,30). The summed E-state index contributed by atoms with van der Waals surface area (Å²) in [4.78, 5) is 19.9. The van der Waals surface area contributed by atoms with Crippen LogP contribution in [0.15, 0.2) is 28.7 Å². The number of oxazole rings is 1. The molecule has 2 unspecified atom stereocenters. The molecule has 1 aromatic carbocycles. The Bertz CT molecular complexity index is 1210. The third-order valence-corrected chi connectivity index (χ3v) is 8.99. The molecule has 0 radical (unpaired) electrons. The number of hydrogen-bond donors (Lipinski definition) is 1. The first-order valence-electron chi connectivity index (χ1n) is 12.1. The van der Waals surface area contributed by atoms with Crippen molar-refractivity contribution in [3.8, 4) is 17.3 Å². The van der Waals surface area contributed by atoms with Crippen molar-refractivity contribution < 1.29 is 17.6 Å². The molecule has 2 saturated carbocycles. The molecule has 2 aliphatic carbocycles. The van der Waals surface area contributed by atoms with Crippen molar-refractivity contribution in [2.24, 2.45) is 5.92 Å². The highest BCUT2D eigenvalue weighted by atomic mass is 32.2. The Morgan fingerprint density at radius 1 is 1.18 bits per heavy atom. The molecule has 2 heterocycles. The maximum absolute atomic E-state index is 13.1. The van der Waals surface area contributed by atoms with E-state index in [0.29, 0.717) is 31.8 Å². The topological polar surface area (TPSA) is 116 Å². The van der Waals surface area contributed by atoms with E-state index in [9.17, 15) is 18.5 Å². The largest absolute Gasteiger partial charge is 0.445 e. The van der Waals surface area contributed by atoms with Gasteiger partial charge in [-0.15, -0.1) is 0 Å². The molecule has 1 amide bonds. The Morgan fingerprint density at radius 2 is 1.85 bits per heavy atom. The molecule has 0 bridgehead atoms. The Hall–Kier alpha value is -2.86. The molecule has 2 atom stereocenters. The van der Waals surface area contributed by atoms with Crippen molar-refractivity contribution in [3.05, 3.63) is 35.9 Å². The number of nitrogens with zero attached hydrogens (tertiary/aromatic N) is 3. The number of aromatic nitrogens is 1. The van der Waals surface area contributed by atoms with Gasteiger partial charge in [0, 0.05) is 43.1 Å². The van der Waals surface area contributed by atoms with E-state index in [1.54, 1.807) is 0 Å². The van der Waals surface area contributed by atoms with Gasteiger partial charge in [0.15, 0.2) is 15.7 Å². The molecule has 3 aliphatic rings. The van der Waals surface area contributed by atoms with Crippen LogP contribution in [0.3, 0.4) is 0 Å². The van der Waals surface area contributed by atoms with Crippen molar-refractivity contribution in [3.63, 3.8) is 0 Å². The van der Waals surface area contributed by atoms with E-state index in [2.05, 4.69) is 21.3 Å². The van der Waals surface area contributed by atoms with E-state index < -0.39 is 15.4 Å². The molecular formula is C25H30N4O4S. The van der Waals surface area contributed by atoms with Gasteiger partial charge in [-0.25, -0.2) is 13.4 Å². The van der Waals surface area contributed by atoms with Gasteiger partial charge in [0.25, 0.3) is 0 Å². The monoisotopic (exact) mass is 482 g/mol. The third-order valence-electron chi connectivity index (χ3n) is 7.38. The van der Waals surface area contributed by atoms with Crippen LogP contribution in [-0.4, -0.2) is 49.4 Å². The van der Waals surface area contributed by atoms with Crippen molar-refractivity contribution in [2.75, 3.05) is 29.5 Å². The SMILES string of the molecule is Cc1nc(-c2ccc(N3CCS(=O)(=O)CC3)cc2)c(C2CCCCC2C(=O)NC2(C#N)CC2)o1. The molecule has 8 nitrogen and oxygen atoms in total. The molecule has 2 aromatic rings. The van der Waals surface area contributed by atoms with Gasteiger partial charge in [-0.1, -0.05) is 25.0 Å². The molecule has 1 aliphatic heterocycles. The van der Waals surface area contributed by atoms with Crippen LogP contribution in [0.5, 0.6) is 0 Å². The van der Waals surface area contributed by atoms with Crippen LogP contribution in [0.2, 0.25) is 0 Å². The molecule has 3 fully saturated rings. The normalized spacial score (nSPS) is 25.4. The molecule has 1 N–H and O–H groups in total. The van der Waals surface area contributed by atoms with Crippen LogP contribution in [0, 0.1) is 24.2 Å². The number of nitrogens with one attached hydrogen (secondary N) is 1. The molecule has 9 heteroatoms. The highest BCUT2D eigenvalue weighted by Crippen LogP contribution is 2.44. The van der Waals surface area contributed by atoms with E-state index in [0.717, 1.165) is 48.4 Å². The number of carbonyl (C=O) groups is 1. The van der Waals surface area contributed by atoms with Crippen LogP contribution >= 0.6 is 0 Å². The van der Waals surface area contributed by atoms with Crippen LogP contribution in [-0.2, 0) is 14.6 Å². The number of carbonyl (C=O) groups excluding carboxylic acids is 1. The van der Waals surface area contributed by atoms with Crippen LogP contribution < -0.4 is 10.2 Å². The minimum atomic E-state index is -2.93. The van der Waals surface area contributed by atoms with Gasteiger partial charge in [-0.3, -0.25) is 4.79 Å². The zero-order chi connectivity index (χ0) is 23.9. The van der Waals surface area contributed by atoms with Gasteiger partial charge in [-0.05, 0) is 37.8 Å². The quantitative estimate of drug-likeness (QED) is 0.695. The van der Waals surface area contributed by atoms with E-state index in [4.69, 9.17) is 4.42 Å². The van der Waals surface area contributed by atoms with Gasteiger partial charge >= 0.3 is 0 Å². The molecule has 34 heavy (non-hydrogen) atoms. The first-order valence-corrected chi connectivity index (χ1v) is 13.9. The first-order chi connectivity index (χ1) is 16.3. The van der Waals surface area contributed by atoms with Crippen molar-refractivity contribution in [2.45, 2.75) is 56.9 Å². The minimum Gasteiger partial charge on any atom is -0.445 e. The second-order valence-electron chi connectivity index (χ2n) is 9.81. The Kier molecular flexibility index (Phi) is 5.88. The fourth-order valence-electron chi connectivity index (χ4n) is 5.18. The highest BCUT2D eigenvalue weighted by Gasteiger charge is 2.47. The van der Waals surface area contributed by atoms with Crippen molar-refractivity contribution >= 4 is 21.4 Å². The lowest BCUT2D eigenvalue weighted by atomic mass is 9.76. The van der Waals surface area contributed by atoms with Crippen LogP contribution in [0.25, 0.3) is 11.3 Å². The summed E-state index contributed by atoms with van der Waals surface area (Å²) in [6, 6.07) is 10.2. The number of amides is 1. The molecule has 1 saturated heterocycles. The Morgan fingerprint density at radius 3 is 2.50 bits per heavy atom. The number of sulfone groups is 1. The predicted octanol–water partition coefficient (Wildman–Crippen LogP) is 3.33. The summed E-state index contributed by atoms with van der Waals surface area (Å²) in [6.45, 7) is 2.82. The summed E-state index contributed by atoms with van der Waals surface area (Å²) >= 11 is 0. The fourth-order valence-corrected chi connectivity index (χ4v) is 6.38. The van der Waals surface area contributed by atoms with Gasteiger partial charge in [-0.2, -0.15) is 5.26 Å². The average Bonchev–Trinajstić information content (AvgIpc) is 3.50. The van der Waals surface area contributed by atoms with Crippen LogP contribution in [0.1, 0.15) is 56.1 Å². The lowest BCUT2D eigenvalue weighted by molar-refractivity contribution is -0.127. The summed E-state index contributed by atoms with van der Waals surface area (Å²) in [7, 11) is -2.93. The summed E-state index contributed by atoms with van der Waals surface area (Å²) in [5.41, 5.74) is 1.99. The smallest absolute Gasteiger partial charge is 0.225 e. The molecular weight excluding hydrogens is 452 g/mol. The predicted molar refractivity (Wildman–Crippen MR) is 128 cm³/mol. The van der Waals surface area contributed by atoms with E-state index in [1.165, 1.54) is 0 Å². The maximum Gasteiger partial charge on any atom is 0.225 e. The minimum absolute atomic E-state index is 0.0563. The summed E-state index contributed by atoms with van der Waals surface area (Å²) in [6.07, 6.45) is 5.06. The van der Waals surface area contributed by atoms with Gasteiger partial charge < -0.3 is 14.6 Å². The van der Waals surface area contributed by atoms with E-state index in [1.807, 2.05) is 31.2 Å². The second-order valence-corrected chi connectivity index (χ2v) is 12.1. The lowest BCUT2D eigenvalue weighted by Gasteiger charge is -2.30.